The summed E-state index contributed by atoms with van der Waals surface area (Å²) in [6, 6.07) is 0.343. The smallest absolute Gasteiger partial charge is 0.303 e. The fourth-order valence-electron chi connectivity index (χ4n) is 5.04. The Labute approximate surface area is 157 Å². The number of hydrogen-bond donors (Lipinski definition) is 3. The third kappa shape index (κ3) is 5.30. The molecule has 5 nitrogen and oxygen atoms in total. The van der Waals surface area contributed by atoms with Crippen LogP contribution < -0.4 is 5.32 Å². The largest absolute Gasteiger partial charge is 0.481 e. The molecule has 0 amide bonds. The van der Waals surface area contributed by atoms with Crippen molar-refractivity contribution in [1.82, 2.24) is 5.32 Å². The average molecular weight is 366 g/mol. The van der Waals surface area contributed by atoms with Gasteiger partial charge in [-0.05, 0) is 50.9 Å². The van der Waals surface area contributed by atoms with Crippen LogP contribution in [0.25, 0.3) is 0 Å². The van der Waals surface area contributed by atoms with Crippen LogP contribution in [0.2, 0.25) is 0 Å². The highest BCUT2D eigenvalue weighted by Crippen LogP contribution is 2.41. The summed E-state index contributed by atoms with van der Waals surface area (Å²) < 4.78 is 6.13. The second kappa shape index (κ2) is 9.86. The van der Waals surface area contributed by atoms with E-state index in [0.29, 0.717) is 43.1 Å². The number of ether oxygens (including phenoxy) is 1. The van der Waals surface area contributed by atoms with Gasteiger partial charge in [0, 0.05) is 24.9 Å². The van der Waals surface area contributed by atoms with Gasteiger partial charge in [0.15, 0.2) is 0 Å². The molecule has 0 radical (unpaired) electrons. The molecule has 3 fully saturated rings. The lowest BCUT2D eigenvalue weighted by Gasteiger charge is -2.32. The van der Waals surface area contributed by atoms with Crippen LogP contribution in [0, 0.1) is 11.8 Å². The number of fused-ring (bicyclic) bond motifs is 2. The van der Waals surface area contributed by atoms with Gasteiger partial charge in [0.1, 0.15) is 0 Å². The number of carboxylic acids is 1. The first-order valence-electron chi connectivity index (χ1n) is 10.6. The maximum atomic E-state index is 10.5. The summed E-state index contributed by atoms with van der Waals surface area (Å²) in [5.74, 6) is 0.215. The Morgan fingerprint density at radius 2 is 1.88 bits per heavy atom. The van der Waals surface area contributed by atoms with Crippen LogP contribution in [0.4, 0.5) is 0 Å². The Morgan fingerprint density at radius 1 is 1.12 bits per heavy atom. The zero-order chi connectivity index (χ0) is 18.4. The van der Waals surface area contributed by atoms with Gasteiger partial charge in [0.2, 0.25) is 0 Å². The van der Waals surface area contributed by atoms with Crippen molar-refractivity contribution in [2.75, 3.05) is 6.54 Å². The number of aliphatic hydroxyl groups is 1. The standard InChI is InChI=1S/C21H35NO4/c23-17(15-8-4-3-5-9-15)14-22-21-16(18-12-13-19(21)26-18)10-6-1-2-7-11-20(24)25/h1,6,15-19,21-23H,2-5,7-14H2,(H,24,25)/t16-,17?,18+,19-,21-/m0/s1. The number of aliphatic carboxylic acids is 1. The molecule has 5 atom stereocenters. The van der Waals surface area contributed by atoms with Gasteiger partial charge in [-0.1, -0.05) is 31.4 Å². The quantitative estimate of drug-likeness (QED) is 0.409. The van der Waals surface area contributed by atoms with Crippen LogP contribution in [-0.2, 0) is 9.53 Å². The van der Waals surface area contributed by atoms with E-state index in [1.165, 1.54) is 32.1 Å². The lowest BCUT2D eigenvalue weighted by Crippen LogP contribution is -2.47. The summed E-state index contributed by atoms with van der Waals surface area (Å²) in [7, 11) is 0. The number of allylic oxidation sites excluding steroid dienone is 2. The Morgan fingerprint density at radius 3 is 2.65 bits per heavy atom. The zero-order valence-electron chi connectivity index (χ0n) is 15.8. The van der Waals surface area contributed by atoms with E-state index in [2.05, 4.69) is 17.5 Å². The highest BCUT2D eigenvalue weighted by molar-refractivity contribution is 5.66. The molecule has 1 aliphatic carbocycles. The Bertz CT molecular complexity index is 475. The first-order valence-corrected chi connectivity index (χ1v) is 10.6. The van der Waals surface area contributed by atoms with Crippen LogP contribution in [0.1, 0.15) is 70.6 Å². The first kappa shape index (κ1) is 19.8. The minimum atomic E-state index is -0.722. The molecule has 0 aromatic carbocycles. The molecule has 2 bridgehead atoms. The van der Waals surface area contributed by atoms with E-state index in [4.69, 9.17) is 9.84 Å². The molecule has 26 heavy (non-hydrogen) atoms. The Hall–Kier alpha value is -0.910. The molecular weight excluding hydrogens is 330 g/mol. The summed E-state index contributed by atoms with van der Waals surface area (Å²) in [5.41, 5.74) is 0. The predicted octanol–water partition coefficient (Wildman–Crippen LogP) is 3.26. The maximum absolute atomic E-state index is 10.5. The monoisotopic (exact) mass is 365 g/mol. The van der Waals surface area contributed by atoms with E-state index in [1.54, 1.807) is 0 Å². The van der Waals surface area contributed by atoms with Crippen molar-refractivity contribution >= 4 is 5.97 Å². The van der Waals surface area contributed by atoms with E-state index in [1.807, 2.05) is 0 Å². The van der Waals surface area contributed by atoms with E-state index >= 15 is 0 Å². The molecule has 2 aliphatic heterocycles. The van der Waals surface area contributed by atoms with Crippen LogP contribution in [0.5, 0.6) is 0 Å². The highest BCUT2D eigenvalue weighted by atomic mass is 16.5. The third-order valence-electron chi connectivity index (χ3n) is 6.52. The highest BCUT2D eigenvalue weighted by Gasteiger charge is 2.48. The van der Waals surface area contributed by atoms with Crippen molar-refractivity contribution in [1.29, 1.82) is 0 Å². The van der Waals surface area contributed by atoms with Crippen molar-refractivity contribution in [3.05, 3.63) is 12.2 Å². The number of aliphatic hydroxyl groups excluding tert-OH is 1. The minimum absolute atomic E-state index is 0.235. The number of rotatable bonds is 10. The molecule has 148 valence electrons. The summed E-state index contributed by atoms with van der Waals surface area (Å²) in [4.78, 5) is 10.5. The first-order chi connectivity index (χ1) is 12.6. The molecule has 1 unspecified atom stereocenters. The van der Waals surface area contributed by atoms with Gasteiger partial charge in [0.05, 0.1) is 18.3 Å². The van der Waals surface area contributed by atoms with E-state index in [-0.39, 0.29) is 12.5 Å². The van der Waals surface area contributed by atoms with Gasteiger partial charge in [-0.2, -0.15) is 0 Å². The number of hydrogen-bond acceptors (Lipinski definition) is 4. The molecule has 1 saturated carbocycles. The lowest BCUT2D eigenvalue weighted by atomic mass is 9.81. The minimum Gasteiger partial charge on any atom is -0.481 e. The normalized spacial score (nSPS) is 33.1. The van der Waals surface area contributed by atoms with Crippen molar-refractivity contribution in [2.24, 2.45) is 11.8 Å². The SMILES string of the molecule is O=C(O)CCCC=CC[C@@H]1[C@H](NCC(O)C2CCCCC2)[C@@H]2CC[C@H]1O2. The van der Waals surface area contributed by atoms with Crippen LogP contribution in [-0.4, -0.2) is 47.1 Å². The molecule has 0 aromatic heterocycles. The number of carboxylic acid groups (broad SMARTS) is 1. The summed E-state index contributed by atoms with van der Waals surface area (Å²) in [6.45, 7) is 0.681. The van der Waals surface area contributed by atoms with Crippen LogP contribution >= 0.6 is 0 Å². The van der Waals surface area contributed by atoms with Crippen LogP contribution in [0.3, 0.4) is 0 Å². The number of unbranched alkanes of at least 4 members (excludes halogenated alkanes) is 1. The van der Waals surface area contributed by atoms with E-state index < -0.39 is 5.97 Å². The zero-order valence-corrected chi connectivity index (χ0v) is 15.8. The number of carbonyl (C=O) groups is 1. The molecule has 0 spiro atoms. The molecule has 3 rings (SSSR count). The van der Waals surface area contributed by atoms with Gasteiger partial charge >= 0.3 is 5.97 Å². The van der Waals surface area contributed by atoms with Crippen molar-refractivity contribution < 1.29 is 19.7 Å². The van der Waals surface area contributed by atoms with Gasteiger partial charge in [-0.3, -0.25) is 4.79 Å². The van der Waals surface area contributed by atoms with E-state index in [9.17, 15) is 9.90 Å². The van der Waals surface area contributed by atoms with Gasteiger partial charge < -0.3 is 20.3 Å². The Balaban J connectivity index is 1.43. The van der Waals surface area contributed by atoms with Gasteiger partial charge in [-0.25, -0.2) is 0 Å². The average Bonchev–Trinajstić information content (AvgIpc) is 3.24. The van der Waals surface area contributed by atoms with Gasteiger partial charge in [-0.15, -0.1) is 0 Å². The second-order valence-corrected chi connectivity index (χ2v) is 8.35. The predicted molar refractivity (Wildman–Crippen MR) is 101 cm³/mol. The molecule has 2 saturated heterocycles. The Kier molecular flexibility index (Phi) is 7.52. The summed E-state index contributed by atoms with van der Waals surface area (Å²) >= 11 is 0. The fraction of sp³-hybridized carbons (Fsp3) is 0.857. The van der Waals surface area contributed by atoms with Crippen LogP contribution in [0.15, 0.2) is 12.2 Å². The summed E-state index contributed by atoms with van der Waals surface area (Å²) in [6.07, 6.45) is 15.9. The molecular formula is C21H35NO4. The summed E-state index contributed by atoms with van der Waals surface area (Å²) in [5, 5.41) is 22.9. The van der Waals surface area contributed by atoms with Crippen molar-refractivity contribution in [3.8, 4) is 0 Å². The number of nitrogens with one attached hydrogen (secondary N) is 1. The van der Waals surface area contributed by atoms with Crippen molar-refractivity contribution in [3.63, 3.8) is 0 Å². The fourth-order valence-corrected chi connectivity index (χ4v) is 5.04. The third-order valence-corrected chi connectivity index (χ3v) is 6.52. The molecule has 0 aromatic rings. The van der Waals surface area contributed by atoms with Gasteiger partial charge in [0.25, 0.3) is 0 Å². The second-order valence-electron chi connectivity index (χ2n) is 8.35. The molecule has 3 N–H and O–H groups in total. The molecule has 3 aliphatic rings. The molecule has 2 heterocycles. The topological polar surface area (TPSA) is 78.8 Å². The molecule has 5 heteroatoms. The maximum Gasteiger partial charge on any atom is 0.303 e. The van der Waals surface area contributed by atoms with E-state index in [0.717, 1.165) is 25.7 Å². The van der Waals surface area contributed by atoms with Crippen molar-refractivity contribution in [2.45, 2.75) is 95.0 Å². The lowest BCUT2D eigenvalue weighted by molar-refractivity contribution is -0.137.